The molecule has 0 radical (unpaired) electrons. The monoisotopic (exact) mass is 487 g/mol. The van der Waals surface area contributed by atoms with Crippen LogP contribution in [0.4, 0.5) is 4.79 Å². The number of benzene rings is 1. The van der Waals surface area contributed by atoms with Crippen molar-refractivity contribution in [3.05, 3.63) is 69.8 Å². The molecule has 3 aliphatic heterocycles. The molecule has 2 N–H and O–H groups in total. The van der Waals surface area contributed by atoms with Crippen LogP contribution in [0, 0.1) is 11.8 Å². The van der Waals surface area contributed by atoms with Crippen LogP contribution in [0.5, 0.6) is 0 Å². The first-order chi connectivity index (χ1) is 17.4. The number of H-pyrrole nitrogens is 1. The van der Waals surface area contributed by atoms with Gasteiger partial charge in [0.1, 0.15) is 6.04 Å². The molecule has 0 saturated carbocycles. The second kappa shape index (κ2) is 8.84. The number of aromatic nitrogens is 2. The average molecular weight is 488 g/mol. The predicted molar refractivity (Wildman–Crippen MR) is 138 cm³/mol. The minimum Gasteiger partial charge on any atom is -0.357 e. The lowest BCUT2D eigenvalue weighted by Crippen LogP contribution is -2.57. The van der Waals surface area contributed by atoms with E-state index in [0.717, 1.165) is 29.7 Å². The number of amides is 3. The number of hydrogen-bond donors (Lipinski definition) is 2. The molecule has 3 aromatic rings. The van der Waals surface area contributed by atoms with Gasteiger partial charge < -0.3 is 24.7 Å². The van der Waals surface area contributed by atoms with Gasteiger partial charge in [-0.3, -0.25) is 9.59 Å². The molecule has 6 rings (SSSR count). The summed E-state index contributed by atoms with van der Waals surface area (Å²) >= 11 is 0. The molecule has 2 bridgehead atoms. The number of para-hydroxylation sites is 1. The highest BCUT2D eigenvalue weighted by molar-refractivity contribution is 5.89. The van der Waals surface area contributed by atoms with Gasteiger partial charge in [0.2, 0.25) is 5.91 Å². The van der Waals surface area contributed by atoms with Crippen LogP contribution >= 0.6 is 0 Å². The van der Waals surface area contributed by atoms with E-state index in [0.29, 0.717) is 32.7 Å². The Morgan fingerprint density at radius 2 is 1.86 bits per heavy atom. The Morgan fingerprint density at radius 1 is 1.03 bits per heavy atom. The zero-order valence-corrected chi connectivity index (χ0v) is 20.9. The van der Waals surface area contributed by atoms with Crippen molar-refractivity contribution in [1.82, 2.24) is 24.7 Å². The molecule has 0 aliphatic carbocycles. The summed E-state index contributed by atoms with van der Waals surface area (Å²) in [5.41, 5.74) is 4.52. The number of urea groups is 1. The van der Waals surface area contributed by atoms with Crippen molar-refractivity contribution in [2.45, 2.75) is 51.7 Å². The number of nitrogens with zero attached hydrogens (tertiary/aromatic N) is 3. The summed E-state index contributed by atoms with van der Waals surface area (Å²) in [5.74, 6) is 0.330. The molecular formula is C28H33N5O3. The molecule has 3 atom stereocenters. The van der Waals surface area contributed by atoms with Crippen molar-refractivity contribution >= 4 is 22.8 Å². The summed E-state index contributed by atoms with van der Waals surface area (Å²) in [5, 5.41) is 4.30. The van der Waals surface area contributed by atoms with Gasteiger partial charge in [0.15, 0.2) is 0 Å². The maximum Gasteiger partial charge on any atom is 0.318 e. The summed E-state index contributed by atoms with van der Waals surface area (Å²) in [7, 11) is 0. The summed E-state index contributed by atoms with van der Waals surface area (Å²) in [4.78, 5) is 46.5. The number of pyridine rings is 1. The number of nitrogens with one attached hydrogen (secondary N) is 2. The number of piperidine rings is 1. The highest BCUT2D eigenvalue weighted by Crippen LogP contribution is 2.35. The van der Waals surface area contributed by atoms with Gasteiger partial charge >= 0.3 is 6.03 Å². The van der Waals surface area contributed by atoms with Crippen LogP contribution in [0.3, 0.4) is 0 Å². The highest BCUT2D eigenvalue weighted by atomic mass is 16.2. The molecule has 8 heteroatoms. The molecule has 1 aromatic carbocycles. The number of fused-ring (bicyclic) bond motifs is 7. The second-order valence-electron chi connectivity index (χ2n) is 10.9. The van der Waals surface area contributed by atoms with Crippen LogP contribution in [0.2, 0.25) is 0 Å². The summed E-state index contributed by atoms with van der Waals surface area (Å²) in [6, 6.07) is 12.9. The lowest BCUT2D eigenvalue weighted by atomic mass is 9.83. The maximum atomic E-state index is 13.6. The lowest BCUT2D eigenvalue weighted by molar-refractivity contribution is -0.135. The minimum absolute atomic E-state index is 0.0308. The first-order valence-corrected chi connectivity index (χ1v) is 13.0. The third kappa shape index (κ3) is 3.88. The highest BCUT2D eigenvalue weighted by Gasteiger charge is 2.38. The fraction of sp³-hybridized carbons (Fsp3) is 0.464. The van der Waals surface area contributed by atoms with Crippen LogP contribution in [-0.2, 0) is 24.3 Å². The molecule has 3 amide bonds. The normalized spacial score (nSPS) is 21.8. The topological polar surface area (TPSA) is 90.4 Å². The fourth-order valence-electron chi connectivity index (χ4n) is 6.38. The molecule has 36 heavy (non-hydrogen) atoms. The van der Waals surface area contributed by atoms with E-state index in [9.17, 15) is 14.4 Å². The zero-order chi connectivity index (χ0) is 25.0. The van der Waals surface area contributed by atoms with Crippen LogP contribution < -0.4 is 10.9 Å². The summed E-state index contributed by atoms with van der Waals surface area (Å²) < 4.78 is 1.86. The molecule has 2 aromatic heterocycles. The van der Waals surface area contributed by atoms with Crippen LogP contribution in [0.15, 0.2) is 47.3 Å². The Balaban J connectivity index is 1.16. The van der Waals surface area contributed by atoms with E-state index in [1.165, 1.54) is 10.9 Å². The number of carbonyl (C=O) groups excluding carboxylic acids is 2. The Morgan fingerprint density at radius 3 is 2.69 bits per heavy atom. The molecule has 5 heterocycles. The van der Waals surface area contributed by atoms with Gasteiger partial charge in [0, 0.05) is 60.5 Å². The number of rotatable bonds is 3. The third-order valence-corrected chi connectivity index (χ3v) is 8.17. The first kappa shape index (κ1) is 22.9. The number of likely N-dealkylation sites (tertiary alicyclic amines) is 1. The van der Waals surface area contributed by atoms with E-state index in [2.05, 4.69) is 22.4 Å². The molecule has 3 aliphatic rings. The predicted octanol–water partition coefficient (Wildman–Crippen LogP) is 3.07. The van der Waals surface area contributed by atoms with Gasteiger partial charge in [-0.1, -0.05) is 38.1 Å². The SMILES string of the molecule is CC(C)[C@@H](NC(=O)N1C[C@H]2C[C@@H](C1)c1cccc(=O)n1C2)C(=O)N1CCc2c([nH]c3ccccc23)C1. The largest absolute Gasteiger partial charge is 0.357 e. The quantitative estimate of drug-likeness (QED) is 0.595. The number of hydrogen-bond acceptors (Lipinski definition) is 3. The van der Waals surface area contributed by atoms with Gasteiger partial charge in [-0.15, -0.1) is 0 Å². The fourth-order valence-corrected chi connectivity index (χ4v) is 6.38. The zero-order valence-electron chi connectivity index (χ0n) is 20.9. The van der Waals surface area contributed by atoms with Crippen LogP contribution in [0.1, 0.15) is 43.1 Å². The van der Waals surface area contributed by atoms with Crippen molar-refractivity contribution < 1.29 is 9.59 Å². The van der Waals surface area contributed by atoms with Gasteiger partial charge in [0.05, 0.1) is 6.54 Å². The van der Waals surface area contributed by atoms with Crippen molar-refractivity contribution in [1.29, 1.82) is 0 Å². The Labute approximate surface area is 210 Å². The Hall–Kier alpha value is -3.55. The summed E-state index contributed by atoms with van der Waals surface area (Å²) in [6.45, 7) is 6.94. The van der Waals surface area contributed by atoms with E-state index in [1.54, 1.807) is 12.1 Å². The van der Waals surface area contributed by atoms with Crippen LogP contribution in [-0.4, -0.2) is 57.0 Å². The van der Waals surface area contributed by atoms with Gasteiger partial charge in [0.25, 0.3) is 5.56 Å². The number of aromatic amines is 1. The van der Waals surface area contributed by atoms with Crippen molar-refractivity contribution in [3.8, 4) is 0 Å². The third-order valence-electron chi connectivity index (χ3n) is 8.17. The standard InChI is InChI=1S/C28H33N5O3/c1-17(2)26(27(35)31-11-10-21-20-6-3-4-7-22(20)29-23(21)16-31)30-28(36)32-13-18-12-19(15-32)24-8-5-9-25(34)33(24)14-18/h3-9,17-19,26,29H,10-16H2,1-2H3,(H,30,36)/t18-,19+,26-/m1/s1. The lowest BCUT2D eigenvalue weighted by Gasteiger charge is -2.43. The van der Waals surface area contributed by atoms with E-state index in [1.807, 2.05) is 46.4 Å². The molecule has 0 unspecified atom stereocenters. The van der Waals surface area contributed by atoms with Crippen molar-refractivity contribution in [3.63, 3.8) is 0 Å². The molecule has 188 valence electrons. The van der Waals surface area contributed by atoms with E-state index in [4.69, 9.17) is 0 Å². The van der Waals surface area contributed by atoms with E-state index in [-0.39, 0.29) is 35.3 Å². The average Bonchev–Trinajstić information content (AvgIpc) is 3.25. The van der Waals surface area contributed by atoms with E-state index >= 15 is 0 Å². The number of carbonyl (C=O) groups is 2. The first-order valence-electron chi connectivity index (χ1n) is 13.0. The van der Waals surface area contributed by atoms with Gasteiger partial charge in [-0.05, 0) is 42.4 Å². The Kier molecular flexibility index (Phi) is 5.62. The summed E-state index contributed by atoms with van der Waals surface area (Å²) in [6.07, 6.45) is 1.79. The molecule has 1 fully saturated rings. The van der Waals surface area contributed by atoms with Crippen molar-refractivity contribution in [2.24, 2.45) is 11.8 Å². The van der Waals surface area contributed by atoms with Crippen LogP contribution in [0.25, 0.3) is 10.9 Å². The molecule has 0 spiro atoms. The minimum atomic E-state index is -0.583. The smallest absolute Gasteiger partial charge is 0.318 e. The maximum absolute atomic E-state index is 13.6. The van der Waals surface area contributed by atoms with E-state index < -0.39 is 6.04 Å². The second-order valence-corrected chi connectivity index (χ2v) is 10.9. The van der Waals surface area contributed by atoms with Gasteiger partial charge in [-0.2, -0.15) is 0 Å². The van der Waals surface area contributed by atoms with Crippen molar-refractivity contribution in [2.75, 3.05) is 19.6 Å². The molecule has 1 saturated heterocycles. The molecular weight excluding hydrogens is 454 g/mol. The Bertz CT molecular complexity index is 1390. The molecule has 8 nitrogen and oxygen atoms in total. The van der Waals surface area contributed by atoms with Gasteiger partial charge in [-0.25, -0.2) is 4.79 Å².